The highest BCUT2D eigenvalue weighted by Crippen LogP contribution is 2.18. The molecule has 1 heterocycles. The molecule has 1 aromatic carbocycles. The first-order valence-corrected chi connectivity index (χ1v) is 6.10. The molecule has 1 N–H and O–H groups in total. The second-order valence-electron chi connectivity index (χ2n) is 4.15. The first-order valence-electron chi connectivity index (χ1n) is 6.10. The van der Waals surface area contributed by atoms with E-state index in [2.05, 4.69) is 5.32 Å². The van der Waals surface area contributed by atoms with Gasteiger partial charge in [-0.05, 0) is 6.07 Å². The predicted octanol–water partition coefficient (Wildman–Crippen LogP) is 0.958. The zero-order valence-corrected chi connectivity index (χ0v) is 10.9. The third-order valence-corrected chi connectivity index (χ3v) is 2.76. The van der Waals surface area contributed by atoms with Crippen molar-refractivity contribution in [3.63, 3.8) is 0 Å². The van der Waals surface area contributed by atoms with E-state index in [-0.39, 0.29) is 24.6 Å². The number of amides is 3. The lowest BCUT2D eigenvalue weighted by atomic mass is 10.3. The highest BCUT2D eigenvalue weighted by Gasteiger charge is 2.26. The number of nitrogens with one attached hydrogen (secondary N) is 1. The highest BCUT2D eigenvalue weighted by molar-refractivity contribution is 5.95. The zero-order chi connectivity index (χ0) is 15.2. The molecular formula is C12H13N3O6. The third-order valence-electron chi connectivity index (χ3n) is 2.76. The van der Waals surface area contributed by atoms with E-state index in [0.717, 1.165) is 4.90 Å². The van der Waals surface area contributed by atoms with Crippen LogP contribution in [0.4, 0.5) is 16.2 Å². The largest absolute Gasteiger partial charge is 0.374 e. The van der Waals surface area contributed by atoms with Gasteiger partial charge in [-0.3, -0.25) is 14.9 Å². The average molecular weight is 295 g/mol. The molecule has 0 spiro atoms. The summed E-state index contributed by atoms with van der Waals surface area (Å²) in [6, 6.07) is 4.65. The van der Waals surface area contributed by atoms with Crippen LogP contribution >= 0.6 is 0 Å². The molecule has 3 amide bonds. The van der Waals surface area contributed by atoms with Crippen molar-refractivity contribution < 1.29 is 24.0 Å². The van der Waals surface area contributed by atoms with Crippen LogP contribution in [0.5, 0.6) is 0 Å². The Bertz CT molecular complexity index is 544. The zero-order valence-electron chi connectivity index (χ0n) is 10.9. The van der Waals surface area contributed by atoms with Gasteiger partial charge in [0, 0.05) is 17.8 Å². The number of benzene rings is 1. The number of nitro groups is 1. The maximum absolute atomic E-state index is 12.0. The molecule has 1 aromatic rings. The summed E-state index contributed by atoms with van der Waals surface area (Å²) in [5, 5.41) is 13.1. The van der Waals surface area contributed by atoms with Gasteiger partial charge in [-0.2, -0.15) is 0 Å². The van der Waals surface area contributed by atoms with E-state index in [1.165, 1.54) is 24.3 Å². The number of carbonyl (C=O) groups excluding carboxylic acids is 2. The van der Waals surface area contributed by atoms with Gasteiger partial charge in [-0.25, -0.2) is 9.69 Å². The molecule has 1 aliphatic rings. The van der Waals surface area contributed by atoms with Crippen LogP contribution in [0.2, 0.25) is 0 Å². The lowest BCUT2D eigenvalue weighted by Crippen LogP contribution is -2.48. The minimum Gasteiger partial charge on any atom is -0.374 e. The van der Waals surface area contributed by atoms with E-state index < -0.39 is 17.2 Å². The number of nitro benzene ring substituents is 1. The molecule has 1 unspecified atom stereocenters. The van der Waals surface area contributed by atoms with Gasteiger partial charge in [0.05, 0.1) is 24.7 Å². The van der Waals surface area contributed by atoms with Crippen molar-refractivity contribution in [1.82, 2.24) is 4.90 Å². The van der Waals surface area contributed by atoms with Crippen LogP contribution in [-0.4, -0.2) is 48.3 Å². The van der Waals surface area contributed by atoms with Crippen molar-refractivity contribution in [2.24, 2.45) is 0 Å². The summed E-state index contributed by atoms with van der Waals surface area (Å²) in [5.41, 5.74) is 0.0421. The van der Waals surface area contributed by atoms with Gasteiger partial charge < -0.3 is 14.8 Å². The summed E-state index contributed by atoms with van der Waals surface area (Å²) < 4.78 is 10.4. The maximum Gasteiger partial charge on any atom is 0.330 e. The molecule has 1 saturated heterocycles. The molecule has 0 bridgehead atoms. The summed E-state index contributed by atoms with van der Waals surface area (Å²) in [4.78, 5) is 33.9. The smallest absolute Gasteiger partial charge is 0.330 e. The van der Waals surface area contributed by atoms with Gasteiger partial charge in [0.1, 0.15) is 0 Å². The predicted molar refractivity (Wildman–Crippen MR) is 70.6 cm³/mol. The Hall–Kier alpha value is -2.52. The van der Waals surface area contributed by atoms with Gasteiger partial charge in [0.15, 0.2) is 6.23 Å². The topological polar surface area (TPSA) is 111 Å². The molecule has 21 heavy (non-hydrogen) atoms. The van der Waals surface area contributed by atoms with Crippen LogP contribution in [0.15, 0.2) is 24.3 Å². The summed E-state index contributed by atoms with van der Waals surface area (Å²) in [6.45, 7) is 0.760. The minimum atomic E-state index is -0.810. The lowest BCUT2D eigenvalue weighted by Gasteiger charge is -2.29. The highest BCUT2D eigenvalue weighted by atomic mass is 16.6. The minimum absolute atomic E-state index is 0.0844. The fourth-order valence-corrected chi connectivity index (χ4v) is 1.77. The lowest BCUT2D eigenvalue weighted by molar-refractivity contribution is -0.384. The van der Waals surface area contributed by atoms with Crippen LogP contribution in [0, 0.1) is 10.1 Å². The van der Waals surface area contributed by atoms with Crippen LogP contribution in [0.1, 0.15) is 0 Å². The molecule has 1 aliphatic heterocycles. The molecule has 9 nitrogen and oxygen atoms in total. The number of rotatable bonds is 4. The number of urea groups is 1. The van der Waals surface area contributed by atoms with Gasteiger partial charge in [0.2, 0.25) is 6.41 Å². The number of non-ortho nitro benzene ring substituents is 1. The molecule has 0 radical (unpaired) electrons. The van der Waals surface area contributed by atoms with Crippen LogP contribution in [0.3, 0.4) is 0 Å². The molecule has 9 heteroatoms. The molecule has 0 saturated carbocycles. The number of carbonyl (C=O) groups is 2. The van der Waals surface area contributed by atoms with Crippen molar-refractivity contribution in [1.29, 1.82) is 0 Å². The standard InChI is InChI=1S/C12H13N3O6/c16-8-14(11-7-20-4-5-21-11)12(17)13-9-2-1-3-10(6-9)15(18)19/h1-3,6,8,11H,4-5,7H2,(H,13,17). The molecule has 1 fully saturated rings. The number of hydrogen-bond acceptors (Lipinski definition) is 6. The first kappa shape index (κ1) is 14.9. The van der Waals surface area contributed by atoms with Crippen LogP contribution in [0.25, 0.3) is 0 Å². The average Bonchev–Trinajstić information content (AvgIpc) is 2.49. The summed E-state index contributed by atoms with van der Waals surface area (Å²) in [5.74, 6) is 0. The fraction of sp³-hybridized carbons (Fsp3) is 0.333. The molecule has 0 aromatic heterocycles. The SMILES string of the molecule is O=CN(C(=O)Nc1cccc([N+](=O)[O-])c1)C1COCCO1. The van der Waals surface area contributed by atoms with Crippen molar-refractivity contribution in [3.05, 3.63) is 34.4 Å². The Kier molecular flexibility index (Phi) is 4.80. The van der Waals surface area contributed by atoms with Crippen molar-refractivity contribution in [2.75, 3.05) is 25.1 Å². The molecule has 112 valence electrons. The number of anilines is 1. The van der Waals surface area contributed by atoms with E-state index in [9.17, 15) is 19.7 Å². The Morgan fingerprint density at radius 1 is 1.48 bits per heavy atom. The van der Waals surface area contributed by atoms with E-state index in [1.54, 1.807) is 0 Å². The number of ether oxygens (including phenoxy) is 2. The van der Waals surface area contributed by atoms with Gasteiger partial charge in [-0.15, -0.1) is 0 Å². The van der Waals surface area contributed by atoms with E-state index in [4.69, 9.17) is 9.47 Å². The molecule has 0 aliphatic carbocycles. The Morgan fingerprint density at radius 2 is 2.29 bits per heavy atom. The summed E-state index contributed by atoms with van der Waals surface area (Å²) >= 11 is 0. The summed E-state index contributed by atoms with van der Waals surface area (Å²) in [6.07, 6.45) is -0.485. The van der Waals surface area contributed by atoms with Gasteiger partial charge in [0.25, 0.3) is 5.69 Å². The Morgan fingerprint density at radius 3 is 2.90 bits per heavy atom. The molecule has 1 atom stereocenters. The Labute approximate surface area is 119 Å². The molecular weight excluding hydrogens is 282 g/mol. The third kappa shape index (κ3) is 3.74. The Balaban J connectivity index is 2.06. The van der Waals surface area contributed by atoms with Gasteiger partial charge in [-0.1, -0.05) is 6.07 Å². The van der Waals surface area contributed by atoms with Crippen molar-refractivity contribution in [2.45, 2.75) is 6.23 Å². The van der Waals surface area contributed by atoms with Crippen LogP contribution < -0.4 is 5.32 Å². The van der Waals surface area contributed by atoms with Crippen LogP contribution in [-0.2, 0) is 14.3 Å². The number of imide groups is 1. The van der Waals surface area contributed by atoms with E-state index in [1.807, 2.05) is 0 Å². The monoisotopic (exact) mass is 295 g/mol. The summed E-state index contributed by atoms with van der Waals surface area (Å²) in [7, 11) is 0. The second-order valence-corrected chi connectivity index (χ2v) is 4.15. The van der Waals surface area contributed by atoms with Crippen molar-refractivity contribution >= 4 is 23.8 Å². The van der Waals surface area contributed by atoms with E-state index >= 15 is 0 Å². The fourth-order valence-electron chi connectivity index (χ4n) is 1.77. The van der Waals surface area contributed by atoms with E-state index in [0.29, 0.717) is 13.0 Å². The van der Waals surface area contributed by atoms with Gasteiger partial charge >= 0.3 is 6.03 Å². The van der Waals surface area contributed by atoms with Crippen molar-refractivity contribution in [3.8, 4) is 0 Å². The molecule has 2 rings (SSSR count). The second kappa shape index (κ2) is 6.77. The first-order chi connectivity index (χ1) is 10.1. The number of nitrogens with zero attached hydrogens (tertiary/aromatic N) is 2. The maximum atomic E-state index is 12.0. The normalized spacial score (nSPS) is 17.8. The quantitative estimate of drug-likeness (QED) is 0.503. The number of hydrogen-bond donors (Lipinski definition) is 1.